The van der Waals surface area contributed by atoms with Gasteiger partial charge in [-0.2, -0.15) is 0 Å². The summed E-state index contributed by atoms with van der Waals surface area (Å²) < 4.78 is 5.84. The first kappa shape index (κ1) is 18.5. The SMILES string of the molecule is OC(CNC(c1cccs1)C1CCCC1)COc1ccc2ccccc2c1. The van der Waals surface area contributed by atoms with Crippen molar-refractivity contribution in [2.24, 2.45) is 5.92 Å². The number of rotatable bonds is 8. The van der Waals surface area contributed by atoms with Gasteiger partial charge in [0.25, 0.3) is 0 Å². The van der Waals surface area contributed by atoms with E-state index in [4.69, 9.17) is 4.74 Å². The molecule has 3 nitrogen and oxygen atoms in total. The molecule has 1 aliphatic rings. The topological polar surface area (TPSA) is 41.5 Å². The Morgan fingerprint density at radius 1 is 1.04 bits per heavy atom. The van der Waals surface area contributed by atoms with Gasteiger partial charge in [-0.05, 0) is 53.1 Å². The number of aliphatic hydroxyl groups excluding tert-OH is 1. The van der Waals surface area contributed by atoms with Gasteiger partial charge in [0.05, 0.1) is 0 Å². The van der Waals surface area contributed by atoms with Crippen LogP contribution < -0.4 is 10.1 Å². The smallest absolute Gasteiger partial charge is 0.120 e. The number of fused-ring (bicyclic) bond motifs is 1. The van der Waals surface area contributed by atoms with Crippen LogP contribution in [0.5, 0.6) is 5.75 Å². The Labute approximate surface area is 165 Å². The van der Waals surface area contributed by atoms with Crippen molar-refractivity contribution in [2.45, 2.75) is 37.8 Å². The van der Waals surface area contributed by atoms with Crippen molar-refractivity contribution in [3.8, 4) is 5.75 Å². The van der Waals surface area contributed by atoms with E-state index in [2.05, 4.69) is 41.0 Å². The fraction of sp³-hybridized carbons (Fsp3) is 0.391. The number of ether oxygens (including phenoxy) is 1. The number of hydrogen-bond donors (Lipinski definition) is 2. The van der Waals surface area contributed by atoms with Crippen molar-refractivity contribution >= 4 is 22.1 Å². The number of nitrogens with one attached hydrogen (secondary N) is 1. The summed E-state index contributed by atoms with van der Waals surface area (Å²) in [5.74, 6) is 1.48. The summed E-state index contributed by atoms with van der Waals surface area (Å²) in [5.41, 5.74) is 0. The van der Waals surface area contributed by atoms with Crippen LogP contribution in [0.25, 0.3) is 10.8 Å². The van der Waals surface area contributed by atoms with Gasteiger partial charge in [-0.1, -0.05) is 49.2 Å². The molecule has 142 valence electrons. The van der Waals surface area contributed by atoms with E-state index in [1.54, 1.807) is 11.3 Å². The van der Waals surface area contributed by atoms with E-state index in [-0.39, 0.29) is 0 Å². The van der Waals surface area contributed by atoms with E-state index in [9.17, 15) is 5.11 Å². The largest absolute Gasteiger partial charge is 0.491 e. The van der Waals surface area contributed by atoms with Crippen LogP contribution in [0, 0.1) is 5.92 Å². The van der Waals surface area contributed by atoms with Crippen LogP contribution >= 0.6 is 11.3 Å². The molecular weight excluding hydrogens is 354 g/mol. The molecule has 1 aromatic heterocycles. The van der Waals surface area contributed by atoms with Gasteiger partial charge in [0.2, 0.25) is 0 Å². The summed E-state index contributed by atoms with van der Waals surface area (Å²) in [6.45, 7) is 0.847. The van der Waals surface area contributed by atoms with Gasteiger partial charge in [-0.3, -0.25) is 0 Å². The Kier molecular flexibility index (Phi) is 6.07. The summed E-state index contributed by atoms with van der Waals surface area (Å²) in [4.78, 5) is 1.38. The van der Waals surface area contributed by atoms with E-state index in [1.807, 2.05) is 24.3 Å². The highest BCUT2D eigenvalue weighted by Crippen LogP contribution is 2.37. The summed E-state index contributed by atoms with van der Waals surface area (Å²) in [7, 11) is 0. The molecule has 1 saturated carbocycles. The highest BCUT2D eigenvalue weighted by molar-refractivity contribution is 7.10. The monoisotopic (exact) mass is 381 g/mol. The van der Waals surface area contributed by atoms with Crippen molar-refractivity contribution in [1.29, 1.82) is 0 Å². The van der Waals surface area contributed by atoms with E-state index in [1.165, 1.54) is 35.9 Å². The molecule has 2 aromatic carbocycles. The molecule has 4 heteroatoms. The minimum absolute atomic E-state index is 0.299. The highest BCUT2D eigenvalue weighted by atomic mass is 32.1. The highest BCUT2D eigenvalue weighted by Gasteiger charge is 2.27. The van der Waals surface area contributed by atoms with Crippen molar-refractivity contribution in [1.82, 2.24) is 5.32 Å². The van der Waals surface area contributed by atoms with Crippen molar-refractivity contribution in [3.05, 3.63) is 64.9 Å². The predicted octanol–water partition coefficient (Wildman–Crippen LogP) is 5.16. The average molecular weight is 382 g/mol. The molecule has 1 fully saturated rings. The molecule has 0 radical (unpaired) electrons. The van der Waals surface area contributed by atoms with Crippen LogP contribution in [-0.2, 0) is 0 Å². The Hall–Kier alpha value is -1.88. The molecule has 27 heavy (non-hydrogen) atoms. The molecule has 1 aliphatic carbocycles. The van der Waals surface area contributed by atoms with Crippen LogP contribution in [0.15, 0.2) is 60.0 Å². The van der Waals surface area contributed by atoms with Crippen LogP contribution in [0.4, 0.5) is 0 Å². The summed E-state index contributed by atoms with van der Waals surface area (Å²) in [6.07, 6.45) is 4.67. The maximum absolute atomic E-state index is 10.4. The molecule has 4 rings (SSSR count). The molecule has 0 spiro atoms. The molecule has 1 heterocycles. The van der Waals surface area contributed by atoms with Gasteiger partial charge in [0.1, 0.15) is 18.5 Å². The molecule has 2 unspecified atom stereocenters. The molecule has 0 amide bonds. The number of hydrogen-bond acceptors (Lipinski definition) is 4. The number of benzene rings is 2. The van der Waals surface area contributed by atoms with Crippen LogP contribution in [0.2, 0.25) is 0 Å². The zero-order valence-corrected chi connectivity index (χ0v) is 16.3. The van der Waals surface area contributed by atoms with Crippen molar-refractivity contribution in [2.75, 3.05) is 13.2 Å². The minimum Gasteiger partial charge on any atom is -0.491 e. The fourth-order valence-corrected chi connectivity index (χ4v) is 4.92. The maximum Gasteiger partial charge on any atom is 0.120 e. The van der Waals surface area contributed by atoms with E-state index in [0.29, 0.717) is 25.1 Å². The Morgan fingerprint density at radius 2 is 1.85 bits per heavy atom. The van der Waals surface area contributed by atoms with Crippen molar-refractivity contribution in [3.63, 3.8) is 0 Å². The first-order chi connectivity index (χ1) is 13.3. The lowest BCUT2D eigenvalue weighted by Crippen LogP contribution is -2.36. The number of thiophene rings is 1. The van der Waals surface area contributed by atoms with Crippen LogP contribution in [0.1, 0.15) is 36.6 Å². The van der Waals surface area contributed by atoms with Crippen molar-refractivity contribution < 1.29 is 9.84 Å². The third-order valence-electron chi connectivity index (χ3n) is 5.46. The zero-order valence-electron chi connectivity index (χ0n) is 15.5. The second kappa shape index (κ2) is 8.87. The molecule has 0 aliphatic heterocycles. The molecule has 0 saturated heterocycles. The quantitative estimate of drug-likeness (QED) is 0.566. The van der Waals surface area contributed by atoms with E-state index >= 15 is 0 Å². The summed E-state index contributed by atoms with van der Waals surface area (Å²) in [6, 6.07) is 19.0. The second-order valence-electron chi connectivity index (χ2n) is 7.42. The first-order valence-electron chi connectivity index (χ1n) is 9.86. The van der Waals surface area contributed by atoms with Gasteiger partial charge < -0.3 is 15.2 Å². The standard InChI is InChI=1S/C23H27NO2S/c25-20(16-26-21-12-11-17-6-1-4-9-19(17)14-21)15-24-23(18-7-2-3-8-18)22-10-5-13-27-22/h1,4-6,9-14,18,20,23-25H,2-3,7-8,15-16H2. The fourth-order valence-electron chi connectivity index (χ4n) is 4.03. The predicted molar refractivity (Wildman–Crippen MR) is 112 cm³/mol. The van der Waals surface area contributed by atoms with Crippen LogP contribution in [-0.4, -0.2) is 24.4 Å². The Bertz CT molecular complexity index is 842. The summed E-state index contributed by atoms with van der Waals surface area (Å²) in [5, 5.41) is 18.5. The first-order valence-corrected chi connectivity index (χ1v) is 10.7. The van der Waals surface area contributed by atoms with Gasteiger partial charge in [-0.15, -0.1) is 11.3 Å². The van der Waals surface area contributed by atoms with Gasteiger partial charge >= 0.3 is 0 Å². The third-order valence-corrected chi connectivity index (χ3v) is 6.41. The van der Waals surface area contributed by atoms with Gasteiger partial charge in [0, 0.05) is 17.5 Å². The van der Waals surface area contributed by atoms with Gasteiger partial charge in [-0.25, -0.2) is 0 Å². The minimum atomic E-state index is -0.527. The zero-order chi connectivity index (χ0) is 18.5. The normalized spacial score (nSPS) is 17.2. The Morgan fingerprint density at radius 3 is 2.63 bits per heavy atom. The summed E-state index contributed by atoms with van der Waals surface area (Å²) >= 11 is 1.81. The number of aliphatic hydroxyl groups is 1. The molecule has 0 bridgehead atoms. The lowest BCUT2D eigenvalue weighted by molar-refractivity contribution is 0.101. The van der Waals surface area contributed by atoms with E-state index in [0.717, 1.165) is 11.1 Å². The van der Waals surface area contributed by atoms with Crippen LogP contribution in [0.3, 0.4) is 0 Å². The maximum atomic E-state index is 10.4. The lowest BCUT2D eigenvalue weighted by Gasteiger charge is -2.25. The molecule has 3 aromatic rings. The molecular formula is C23H27NO2S. The molecule has 2 atom stereocenters. The molecule has 2 N–H and O–H groups in total. The lowest BCUT2D eigenvalue weighted by atomic mass is 9.96. The third kappa shape index (κ3) is 4.70. The van der Waals surface area contributed by atoms with E-state index < -0.39 is 6.10 Å². The van der Waals surface area contributed by atoms with Gasteiger partial charge in [0.15, 0.2) is 0 Å². The Balaban J connectivity index is 1.31. The average Bonchev–Trinajstić information content (AvgIpc) is 3.41. The second-order valence-corrected chi connectivity index (χ2v) is 8.40.